The van der Waals surface area contributed by atoms with E-state index in [-0.39, 0.29) is 35.9 Å². The lowest BCUT2D eigenvalue weighted by molar-refractivity contribution is -0.286. The molecule has 1 aromatic heterocycles. The zero-order valence-corrected chi connectivity index (χ0v) is 22.1. The molecule has 0 spiro atoms. The van der Waals surface area contributed by atoms with Gasteiger partial charge in [0.25, 0.3) is 0 Å². The molecule has 2 aromatic carbocycles. The monoisotopic (exact) mass is 543 g/mol. The topological polar surface area (TPSA) is 113 Å². The van der Waals surface area contributed by atoms with Crippen LogP contribution >= 0.6 is 0 Å². The number of aromatic nitrogens is 1. The standard InChI is InChI=1S/C28H31F2N3O6/c1-26(2,3)23-12-16-11-18(6-7-20(16)33(23)15-19(34)14-32(4)25(36)37)31-24(35)27(9-10-27)17-5-8-21-22(13-17)39-28(29,30)38-21/h5-8,11-13,19,34H,9-10,14-15H2,1-4H3,(H,31,35)(H,36,37)/t19-/m1/s1. The molecule has 208 valence electrons. The first kappa shape index (κ1) is 26.7. The number of aliphatic hydroxyl groups is 1. The minimum atomic E-state index is -3.72. The fraction of sp³-hybridized carbons (Fsp3) is 0.429. The molecule has 1 aliphatic carbocycles. The molecule has 0 radical (unpaired) electrons. The Morgan fingerprint density at radius 3 is 2.44 bits per heavy atom. The van der Waals surface area contributed by atoms with E-state index in [4.69, 9.17) is 5.11 Å². The molecule has 1 aliphatic heterocycles. The van der Waals surface area contributed by atoms with Crippen LogP contribution in [0.5, 0.6) is 11.5 Å². The molecule has 2 amide bonds. The first-order valence-electron chi connectivity index (χ1n) is 12.7. The number of benzene rings is 2. The molecule has 11 heteroatoms. The molecule has 3 aromatic rings. The second-order valence-electron chi connectivity index (χ2n) is 11.3. The molecule has 1 fully saturated rings. The summed E-state index contributed by atoms with van der Waals surface area (Å²) in [6.45, 7) is 6.31. The van der Waals surface area contributed by atoms with Gasteiger partial charge in [-0.2, -0.15) is 0 Å². The maximum atomic E-state index is 13.5. The van der Waals surface area contributed by atoms with Gasteiger partial charge in [0.1, 0.15) is 0 Å². The fourth-order valence-corrected chi connectivity index (χ4v) is 5.10. The van der Waals surface area contributed by atoms with Gasteiger partial charge in [-0.25, -0.2) is 4.79 Å². The molecule has 9 nitrogen and oxygen atoms in total. The molecule has 1 atom stereocenters. The Morgan fingerprint density at radius 2 is 1.79 bits per heavy atom. The van der Waals surface area contributed by atoms with E-state index < -0.39 is 23.9 Å². The lowest BCUT2D eigenvalue weighted by atomic mass is 9.92. The number of halogens is 2. The minimum absolute atomic E-state index is 0.0354. The molecule has 2 aliphatic rings. The third-order valence-corrected chi connectivity index (χ3v) is 7.27. The first-order chi connectivity index (χ1) is 18.2. The van der Waals surface area contributed by atoms with Crippen molar-refractivity contribution in [3.05, 3.63) is 53.7 Å². The average molecular weight is 544 g/mol. The number of carboxylic acid groups (broad SMARTS) is 1. The van der Waals surface area contributed by atoms with Gasteiger partial charge < -0.3 is 34.5 Å². The lowest BCUT2D eigenvalue weighted by Gasteiger charge is -2.25. The summed E-state index contributed by atoms with van der Waals surface area (Å²) < 4.78 is 37.9. The highest BCUT2D eigenvalue weighted by Gasteiger charge is 2.52. The van der Waals surface area contributed by atoms with Crippen LogP contribution in [0, 0.1) is 0 Å². The van der Waals surface area contributed by atoms with E-state index in [9.17, 15) is 23.5 Å². The number of likely N-dealkylation sites (N-methyl/N-ethyl adjacent to an activating group) is 1. The van der Waals surface area contributed by atoms with Crippen molar-refractivity contribution in [1.29, 1.82) is 0 Å². The number of hydrogen-bond acceptors (Lipinski definition) is 5. The van der Waals surface area contributed by atoms with Gasteiger partial charge in [0.05, 0.1) is 24.6 Å². The molecule has 0 bridgehead atoms. The molecular weight excluding hydrogens is 512 g/mol. The van der Waals surface area contributed by atoms with Crippen LogP contribution in [0.2, 0.25) is 0 Å². The zero-order valence-electron chi connectivity index (χ0n) is 22.1. The van der Waals surface area contributed by atoms with E-state index in [0.717, 1.165) is 21.5 Å². The maximum absolute atomic E-state index is 13.5. The number of amides is 2. The highest BCUT2D eigenvalue weighted by Crippen LogP contribution is 2.52. The Bertz CT molecular complexity index is 1460. The largest absolute Gasteiger partial charge is 0.586 e. The van der Waals surface area contributed by atoms with Gasteiger partial charge >= 0.3 is 12.4 Å². The summed E-state index contributed by atoms with van der Waals surface area (Å²) in [5, 5.41) is 23.6. The number of nitrogens with one attached hydrogen (secondary N) is 1. The van der Waals surface area contributed by atoms with Crippen LogP contribution in [-0.4, -0.2) is 57.7 Å². The van der Waals surface area contributed by atoms with Crippen LogP contribution in [-0.2, 0) is 22.2 Å². The van der Waals surface area contributed by atoms with Crippen molar-refractivity contribution in [2.45, 2.75) is 63.4 Å². The van der Waals surface area contributed by atoms with Gasteiger partial charge in [-0.1, -0.05) is 26.8 Å². The molecule has 2 heterocycles. The smallest absolute Gasteiger partial charge is 0.465 e. The Labute approximate surface area is 223 Å². The molecule has 1 saturated carbocycles. The van der Waals surface area contributed by atoms with Crippen molar-refractivity contribution in [3.63, 3.8) is 0 Å². The summed E-state index contributed by atoms with van der Waals surface area (Å²) >= 11 is 0. The van der Waals surface area contributed by atoms with Crippen LogP contribution in [0.3, 0.4) is 0 Å². The second-order valence-corrected chi connectivity index (χ2v) is 11.3. The van der Waals surface area contributed by atoms with Gasteiger partial charge in [0, 0.05) is 34.7 Å². The number of alkyl halides is 2. The van der Waals surface area contributed by atoms with E-state index in [1.165, 1.54) is 19.2 Å². The number of aliphatic hydroxyl groups excluding tert-OH is 1. The van der Waals surface area contributed by atoms with E-state index in [2.05, 4.69) is 14.8 Å². The number of anilines is 1. The number of rotatable bonds is 7. The summed E-state index contributed by atoms with van der Waals surface area (Å²) in [7, 11) is 1.41. The normalized spacial score (nSPS) is 17.6. The van der Waals surface area contributed by atoms with Crippen LogP contribution in [0.25, 0.3) is 10.9 Å². The number of carbonyl (C=O) groups is 2. The molecule has 0 unspecified atom stereocenters. The van der Waals surface area contributed by atoms with Crippen LogP contribution < -0.4 is 14.8 Å². The van der Waals surface area contributed by atoms with Crippen molar-refractivity contribution in [3.8, 4) is 11.5 Å². The predicted octanol–water partition coefficient (Wildman–Crippen LogP) is 4.90. The molecule has 3 N–H and O–H groups in total. The number of hydrogen-bond donors (Lipinski definition) is 3. The molecule has 0 saturated heterocycles. The summed E-state index contributed by atoms with van der Waals surface area (Å²) in [6.07, 6.45) is -4.61. The van der Waals surface area contributed by atoms with Gasteiger partial charge in [-0.15, -0.1) is 8.78 Å². The lowest BCUT2D eigenvalue weighted by Crippen LogP contribution is -2.36. The average Bonchev–Trinajstić information content (AvgIpc) is 3.47. The number of carbonyl (C=O) groups excluding carboxylic acids is 1. The summed E-state index contributed by atoms with van der Waals surface area (Å²) in [4.78, 5) is 25.6. The van der Waals surface area contributed by atoms with Gasteiger partial charge in [-0.05, 0) is 54.8 Å². The van der Waals surface area contributed by atoms with Crippen LogP contribution in [0.15, 0.2) is 42.5 Å². The van der Waals surface area contributed by atoms with Crippen molar-refractivity contribution >= 4 is 28.6 Å². The van der Waals surface area contributed by atoms with Crippen molar-refractivity contribution < 1.29 is 38.1 Å². The van der Waals surface area contributed by atoms with Crippen molar-refractivity contribution in [2.75, 3.05) is 18.9 Å². The third kappa shape index (κ3) is 5.10. The second kappa shape index (κ2) is 9.11. The van der Waals surface area contributed by atoms with Crippen molar-refractivity contribution in [1.82, 2.24) is 9.47 Å². The minimum Gasteiger partial charge on any atom is -0.465 e. The SMILES string of the molecule is CN(C[C@@H](O)Cn1c(C(C)(C)C)cc2cc(NC(=O)C3(c4ccc5c(c4)OC(F)(F)O5)CC3)ccc21)C(=O)O. The first-order valence-corrected chi connectivity index (χ1v) is 12.7. The summed E-state index contributed by atoms with van der Waals surface area (Å²) in [5.41, 5.74) is 1.85. The van der Waals surface area contributed by atoms with Crippen LogP contribution in [0.4, 0.5) is 19.3 Å². The zero-order chi connectivity index (χ0) is 28.3. The number of nitrogens with zero attached hydrogens (tertiary/aromatic N) is 2. The highest BCUT2D eigenvalue weighted by atomic mass is 19.3. The molecule has 39 heavy (non-hydrogen) atoms. The third-order valence-electron chi connectivity index (χ3n) is 7.27. The fourth-order valence-electron chi connectivity index (χ4n) is 5.10. The van der Waals surface area contributed by atoms with Crippen molar-refractivity contribution in [2.24, 2.45) is 0 Å². The summed E-state index contributed by atoms with van der Waals surface area (Å²) in [6, 6.07) is 11.9. The van der Waals surface area contributed by atoms with E-state index >= 15 is 0 Å². The highest BCUT2D eigenvalue weighted by molar-refractivity contribution is 6.02. The molecular formula is C28H31F2N3O6. The quantitative estimate of drug-likeness (QED) is 0.391. The van der Waals surface area contributed by atoms with Gasteiger partial charge in [-0.3, -0.25) is 4.79 Å². The Balaban J connectivity index is 1.39. The Morgan fingerprint density at radius 1 is 1.10 bits per heavy atom. The Kier molecular flexibility index (Phi) is 6.25. The van der Waals surface area contributed by atoms with Gasteiger partial charge in [0.2, 0.25) is 5.91 Å². The van der Waals surface area contributed by atoms with E-state index in [1.807, 2.05) is 43.5 Å². The van der Waals surface area contributed by atoms with Crippen LogP contribution in [0.1, 0.15) is 44.9 Å². The number of ether oxygens (including phenoxy) is 2. The van der Waals surface area contributed by atoms with E-state index in [1.54, 1.807) is 12.1 Å². The number of fused-ring (bicyclic) bond motifs is 2. The molecule has 5 rings (SSSR count). The van der Waals surface area contributed by atoms with E-state index in [0.29, 0.717) is 24.1 Å². The predicted molar refractivity (Wildman–Crippen MR) is 139 cm³/mol. The Hall–Kier alpha value is -3.86. The maximum Gasteiger partial charge on any atom is 0.586 e. The van der Waals surface area contributed by atoms with Gasteiger partial charge in [0.15, 0.2) is 11.5 Å². The summed E-state index contributed by atoms with van der Waals surface area (Å²) in [5.74, 6) is -0.398.